The summed E-state index contributed by atoms with van der Waals surface area (Å²) in [6, 6.07) is 14.6. The summed E-state index contributed by atoms with van der Waals surface area (Å²) < 4.78 is 0. The number of phenolic OH excluding ortho intramolecular Hbond substituents is 1. The first-order valence-corrected chi connectivity index (χ1v) is 5.44. The van der Waals surface area contributed by atoms with Crippen molar-refractivity contribution in [1.29, 1.82) is 0 Å². The fourth-order valence-electron chi connectivity index (χ4n) is 2.19. The van der Waals surface area contributed by atoms with E-state index in [-0.39, 0.29) is 17.7 Å². The molecule has 0 saturated heterocycles. The summed E-state index contributed by atoms with van der Waals surface area (Å²) in [6.07, 6.45) is 0. The van der Waals surface area contributed by atoms with Crippen LogP contribution in [0.5, 0.6) is 5.75 Å². The van der Waals surface area contributed by atoms with Crippen molar-refractivity contribution in [3.8, 4) is 5.75 Å². The van der Waals surface area contributed by atoms with Crippen LogP contribution in [0.25, 0.3) is 0 Å². The average Bonchev–Trinajstić information content (AvgIpc) is 2.68. The maximum absolute atomic E-state index is 11.8. The number of carbonyl (C=O) groups is 1. The molecule has 1 atom stereocenters. The smallest absolute Gasteiger partial charge is 0.252 e. The van der Waals surface area contributed by atoms with Gasteiger partial charge >= 0.3 is 0 Å². The van der Waals surface area contributed by atoms with Crippen LogP contribution in [0.2, 0.25) is 0 Å². The van der Waals surface area contributed by atoms with Crippen molar-refractivity contribution in [1.82, 2.24) is 5.32 Å². The maximum Gasteiger partial charge on any atom is 0.252 e. The van der Waals surface area contributed by atoms with Crippen LogP contribution in [-0.4, -0.2) is 11.0 Å². The fourth-order valence-corrected chi connectivity index (χ4v) is 2.19. The Balaban J connectivity index is 2.11. The van der Waals surface area contributed by atoms with Crippen LogP contribution in [0.4, 0.5) is 0 Å². The molecule has 0 spiro atoms. The van der Waals surface area contributed by atoms with Gasteiger partial charge in [-0.3, -0.25) is 4.79 Å². The highest BCUT2D eigenvalue weighted by molar-refractivity contribution is 6.00. The summed E-state index contributed by atoms with van der Waals surface area (Å²) in [4.78, 5) is 11.8. The molecule has 0 radical (unpaired) electrons. The molecule has 0 saturated carbocycles. The van der Waals surface area contributed by atoms with Gasteiger partial charge in [0.1, 0.15) is 5.75 Å². The highest BCUT2D eigenvalue weighted by Crippen LogP contribution is 2.32. The lowest BCUT2D eigenvalue weighted by Crippen LogP contribution is -2.19. The number of phenols is 1. The molecule has 84 valence electrons. The van der Waals surface area contributed by atoms with Crippen molar-refractivity contribution in [2.24, 2.45) is 0 Å². The van der Waals surface area contributed by atoms with Gasteiger partial charge in [-0.2, -0.15) is 0 Å². The molecule has 3 rings (SSSR count). The van der Waals surface area contributed by atoms with Gasteiger partial charge in [0.25, 0.3) is 5.91 Å². The standard InChI is InChI=1S/C14H11NO2/c16-10-6-7-11-12(8-10)14(17)15-13(11)9-4-2-1-3-5-9/h1-8,13,16H,(H,15,17). The van der Waals surface area contributed by atoms with Gasteiger partial charge in [0.15, 0.2) is 0 Å². The van der Waals surface area contributed by atoms with E-state index in [1.54, 1.807) is 12.1 Å². The number of benzene rings is 2. The number of carbonyl (C=O) groups excluding carboxylic acids is 1. The van der Waals surface area contributed by atoms with Crippen molar-refractivity contribution >= 4 is 5.91 Å². The average molecular weight is 225 g/mol. The molecule has 17 heavy (non-hydrogen) atoms. The molecule has 1 unspecified atom stereocenters. The molecular weight excluding hydrogens is 214 g/mol. The first kappa shape index (κ1) is 9.90. The summed E-state index contributed by atoms with van der Waals surface area (Å²) in [5.41, 5.74) is 2.52. The molecule has 1 aliphatic heterocycles. The number of nitrogens with one attached hydrogen (secondary N) is 1. The molecule has 1 aliphatic rings. The molecule has 0 fully saturated rings. The third-order valence-electron chi connectivity index (χ3n) is 3.00. The highest BCUT2D eigenvalue weighted by Gasteiger charge is 2.29. The molecule has 2 aromatic rings. The van der Waals surface area contributed by atoms with E-state index in [4.69, 9.17) is 0 Å². The normalized spacial score (nSPS) is 17.6. The molecule has 0 bridgehead atoms. The Hall–Kier alpha value is -2.29. The largest absolute Gasteiger partial charge is 0.508 e. The van der Waals surface area contributed by atoms with E-state index in [0.29, 0.717) is 5.56 Å². The quantitative estimate of drug-likeness (QED) is 0.781. The van der Waals surface area contributed by atoms with Gasteiger partial charge in [-0.1, -0.05) is 36.4 Å². The zero-order valence-electron chi connectivity index (χ0n) is 9.05. The fraction of sp³-hybridized carbons (Fsp3) is 0.0714. The van der Waals surface area contributed by atoms with Gasteiger partial charge in [0.05, 0.1) is 6.04 Å². The predicted octanol–water partition coefficient (Wildman–Crippen LogP) is 2.23. The van der Waals surface area contributed by atoms with Crippen LogP contribution in [0.1, 0.15) is 27.5 Å². The first-order chi connectivity index (χ1) is 8.25. The Morgan fingerprint density at radius 2 is 1.82 bits per heavy atom. The summed E-state index contributed by atoms with van der Waals surface area (Å²) in [5, 5.41) is 12.3. The van der Waals surface area contributed by atoms with Crippen molar-refractivity contribution in [2.45, 2.75) is 6.04 Å². The lowest BCUT2D eigenvalue weighted by atomic mass is 9.98. The van der Waals surface area contributed by atoms with Gasteiger partial charge in [-0.05, 0) is 23.3 Å². The summed E-state index contributed by atoms with van der Waals surface area (Å²) in [6.45, 7) is 0. The zero-order chi connectivity index (χ0) is 11.8. The van der Waals surface area contributed by atoms with E-state index in [9.17, 15) is 9.90 Å². The van der Waals surface area contributed by atoms with Crippen molar-refractivity contribution < 1.29 is 9.90 Å². The Bertz CT molecular complexity index is 578. The van der Waals surface area contributed by atoms with Gasteiger partial charge < -0.3 is 10.4 Å². The Labute approximate surface area is 98.7 Å². The van der Waals surface area contributed by atoms with Gasteiger partial charge in [-0.15, -0.1) is 0 Å². The van der Waals surface area contributed by atoms with Crippen LogP contribution < -0.4 is 5.32 Å². The maximum atomic E-state index is 11.8. The topological polar surface area (TPSA) is 49.3 Å². The van der Waals surface area contributed by atoms with Crippen LogP contribution in [0, 0.1) is 0 Å². The predicted molar refractivity (Wildman–Crippen MR) is 63.9 cm³/mol. The third-order valence-corrected chi connectivity index (χ3v) is 3.00. The lowest BCUT2D eigenvalue weighted by Gasteiger charge is -2.11. The molecule has 1 heterocycles. The van der Waals surface area contributed by atoms with E-state index in [1.807, 2.05) is 30.3 Å². The van der Waals surface area contributed by atoms with E-state index in [1.165, 1.54) is 6.07 Å². The molecule has 0 aliphatic carbocycles. The molecule has 2 N–H and O–H groups in total. The van der Waals surface area contributed by atoms with Gasteiger partial charge in [0.2, 0.25) is 0 Å². The lowest BCUT2D eigenvalue weighted by molar-refractivity contribution is 0.0960. The number of fused-ring (bicyclic) bond motifs is 1. The SMILES string of the molecule is O=C1NC(c2ccccc2)c2ccc(O)cc21. The molecular formula is C14H11NO2. The number of hydrogen-bond acceptors (Lipinski definition) is 2. The summed E-state index contributed by atoms with van der Waals surface area (Å²) >= 11 is 0. The van der Waals surface area contributed by atoms with E-state index in [0.717, 1.165) is 11.1 Å². The first-order valence-electron chi connectivity index (χ1n) is 5.44. The highest BCUT2D eigenvalue weighted by atomic mass is 16.3. The van der Waals surface area contributed by atoms with Gasteiger partial charge in [0, 0.05) is 5.56 Å². The third kappa shape index (κ3) is 1.56. The summed E-state index contributed by atoms with van der Waals surface area (Å²) in [7, 11) is 0. The molecule has 0 aromatic heterocycles. The Morgan fingerprint density at radius 3 is 2.59 bits per heavy atom. The van der Waals surface area contributed by atoms with E-state index < -0.39 is 0 Å². The minimum absolute atomic E-state index is 0.112. The number of rotatable bonds is 1. The zero-order valence-corrected chi connectivity index (χ0v) is 9.05. The van der Waals surface area contributed by atoms with E-state index in [2.05, 4.69) is 5.32 Å². The van der Waals surface area contributed by atoms with Crippen LogP contribution in [0.3, 0.4) is 0 Å². The van der Waals surface area contributed by atoms with Gasteiger partial charge in [-0.25, -0.2) is 0 Å². The number of aromatic hydroxyl groups is 1. The van der Waals surface area contributed by atoms with Crippen molar-refractivity contribution in [2.75, 3.05) is 0 Å². The second kappa shape index (κ2) is 3.63. The number of hydrogen-bond donors (Lipinski definition) is 2. The van der Waals surface area contributed by atoms with Crippen molar-refractivity contribution in [3.63, 3.8) is 0 Å². The molecule has 2 aromatic carbocycles. The number of amides is 1. The second-order valence-electron chi connectivity index (χ2n) is 4.09. The Kier molecular flexibility index (Phi) is 2.11. The van der Waals surface area contributed by atoms with Crippen LogP contribution in [0.15, 0.2) is 48.5 Å². The Morgan fingerprint density at radius 1 is 1.06 bits per heavy atom. The molecule has 3 nitrogen and oxygen atoms in total. The van der Waals surface area contributed by atoms with Crippen LogP contribution in [-0.2, 0) is 0 Å². The van der Waals surface area contributed by atoms with E-state index >= 15 is 0 Å². The summed E-state index contributed by atoms with van der Waals surface area (Å²) in [5.74, 6) is -0.0163. The van der Waals surface area contributed by atoms with Crippen molar-refractivity contribution in [3.05, 3.63) is 65.2 Å². The second-order valence-corrected chi connectivity index (χ2v) is 4.09. The monoisotopic (exact) mass is 225 g/mol. The molecule has 1 amide bonds. The molecule has 3 heteroatoms. The minimum Gasteiger partial charge on any atom is -0.508 e. The minimum atomic E-state index is -0.134. The van der Waals surface area contributed by atoms with Crippen LogP contribution >= 0.6 is 0 Å².